The summed E-state index contributed by atoms with van der Waals surface area (Å²) in [5.74, 6) is 0.180. The lowest BCUT2D eigenvalue weighted by Gasteiger charge is -2.48. The van der Waals surface area contributed by atoms with E-state index in [-0.39, 0.29) is 23.9 Å². The van der Waals surface area contributed by atoms with Crippen molar-refractivity contribution < 1.29 is 9.59 Å². The van der Waals surface area contributed by atoms with Gasteiger partial charge >= 0.3 is 0 Å². The van der Waals surface area contributed by atoms with Crippen molar-refractivity contribution in [3.8, 4) is 0 Å². The second-order valence-electron chi connectivity index (χ2n) is 6.24. The highest BCUT2D eigenvalue weighted by atomic mass is 32.2. The fourth-order valence-corrected chi connectivity index (χ4v) is 4.59. The molecule has 0 aromatic rings. The SMILES string of the molecule is CCC1C(=O)NC(CC)(CC)C(=O)N1C1CCC(SC)C1. The molecule has 1 saturated heterocycles. The number of thioether (sulfide) groups is 1. The number of carbonyl (C=O) groups is 2. The lowest BCUT2D eigenvalue weighted by Crippen LogP contribution is -2.71. The summed E-state index contributed by atoms with van der Waals surface area (Å²) in [6.45, 7) is 5.98. The van der Waals surface area contributed by atoms with E-state index in [0.29, 0.717) is 24.5 Å². The van der Waals surface area contributed by atoms with Crippen LogP contribution in [-0.2, 0) is 9.59 Å². The van der Waals surface area contributed by atoms with E-state index in [2.05, 4.69) is 11.6 Å². The van der Waals surface area contributed by atoms with E-state index < -0.39 is 5.54 Å². The largest absolute Gasteiger partial charge is 0.340 e. The van der Waals surface area contributed by atoms with Crippen molar-refractivity contribution in [1.29, 1.82) is 0 Å². The molecule has 0 aromatic heterocycles. The zero-order chi connectivity index (χ0) is 15.6. The van der Waals surface area contributed by atoms with Gasteiger partial charge in [0.05, 0.1) is 0 Å². The van der Waals surface area contributed by atoms with Crippen LogP contribution < -0.4 is 5.32 Å². The van der Waals surface area contributed by atoms with Crippen LogP contribution in [0.1, 0.15) is 59.3 Å². The molecule has 1 N–H and O–H groups in total. The van der Waals surface area contributed by atoms with Crippen molar-refractivity contribution in [1.82, 2.24) is 10.2 Å². The topological polar surface area (TPSA) is 49.4 Å². The van der Waals surface area contributed by atoms with Crippen LogP contribution in [0.25, 0.3) is 0 Å². The summed E-state index contributed by atoms with van der Waals surface area (Å²) < 4.78 is 0. The van der Waals surface area contributed by atoms with Crippen LogP contribution in [0.4, 0.5) is 0 Å². The van der Waals surface area contributed by atoms with E-state index in [4.69, 9.17) is 0 Å². The maximum absolute atomic E-state index is 13.1. The maximum Gasteiger partial charge on any atom is 0.249 e. The monoisotopic (exact) mass is 312 g/mol. The van der Waals surface area contributed by atoms with Crippen LogP contribution in [0.15, 0.2) is 0 Å². The first-order chi connectivity index (χ1) is 10.0. The van der Waals surface area contributed by atoms with E-state index >= 15 is 0 Å². The number of nitrogens with one attached hydrogen (secondary N) is 1. The first-order valence-corrected chi connectivity index (χ1v) is 9.49. The summed E-state index contributed by atoms with van der Waals surface area (Å²) in [4.78, 5) is 27.6. The van der Waals surface area contributed by atoms with Gasteiger partial charge in [-0.2, -0.15) is 11.8 Å². The number of hydrogen-bond donors (Lipinski definition) is 1. The third-order valence-electron chi connectivity index (χ3n) is 5.32. The fraction of sp³-hybridized carbons (Fsp3) is 0.875. The van der Waals surface area contributed by atoms with E-state index in [1.54, 1.807) is 0 Å². The molecule has 3 atom stereocenters. The first kappa shape index (κ1) is 16.7. The lowest BCUT2D eigenvalue weighted by atomic mass is 9.85. The molecule has 1 heterocycles. The molecule has 2 fully saturated rings. The summed E-state index contributed by atoms with van der Waals surface area (Å²) in [6, 6.07) is -0.0437. The Hall–Kier alpha value is -0.710. The lowest BCUT2D eigenvalue weighted by molar-refractivity contribution is -0.158. The molecule has 2 rings (SSSR count). The van der Waals surface area contributed by atoms with Crippen molar-refractivity contribution in [3.05, 3.63) is 0 Å². The number of nitrogens with zero attached hydrogens (tertiary/aromatic N) is 1. The van der Waals surface area contributed by atoms with Gasteiger partial charge in [-0.05, 0) is 44.8 Å². The summed E-state index contributed by atoms with van der Waals surface area (Å²) in [6.07, 6.45) is 7.38. The Labute approximate surface area is 132 Å². The highest BCUT2D eigenvalue weighted by Crippen LogP contribution is 2.36. The van der Waals surface area contributed by atoms with E-state index in [1.165, 1.54) is 0 Å². The Bertz CT molecular complexity index is 409. The van der Waals surface area contributed by atoms with Gasteiger partial charge in [0.1, 0.15) is 11.6 Å². The molecule has 1 aliphatic carbocycles. The van der Waals surface area contributed by atoms with E-state index in [0.717, 1.165) is 19.3 Å². The van der Waals surface area contributed by atoms with Gasteiger partial charge in [0.25, 0.3) is 0 Å². The third kappa shape index (κ3) is 2.81. The highest BCUT2D eigenvalue weighted by Gasteiger charge is 2.51. The van der Waals surface area contributed by atoms with Crippen molar-refractivity contribution in [2.45, 2.75) is 82.2 Å². The predicted octanol–water partition coefficient (Wildman–Crippen LogP) is 2.57. The number of carbonyl (C=O) groups excluding carboxylic acids is 2. The molecule has 120 valence electrons. The van der Waals surface area contributed by atoms with Gasteiger partial charge in [-0.1, -0.05) is 20.8 Å². The fourth-order valence-electron chi connectivity index (χ4n) is 3.80. The Kier molecular flexibility index (Phi) is 5.23. The Morgan fingerprint density at radius 2 is 1.90 bits per heavy atom. The molecular formula is C16H28N2O2S. The number of piperazine rings is 1. The molecule has 2 aliphatic rings. The van der Waals surface area contributed by atoms with Gasteiger partial charge in [-0.3, -0.25) is 9.59 Å². The first-order valence-electron chi connectivity index (χ1n) is 8.20. The van der Waals surface area contributed by atoms with Gasteiger partial charge in [-0.15, -0.1) is 0 Å². The van der Waals surface area contributed by atoms with Crippen molar-refractivity contribution in [2.24, 2.45) is 0 Å². The summed E-state index contributed by atoms with van der Waals surface area (Å²) >= 11 is 1.88. The van der Waals surface area contributed by atoms with E-state index in [1.807, 2.05) is 37.4 Å². The second kappa shape index (κ2) is 6.59. The molecular weight excluding hydrogens is 284 g/mol. The molecule has 0 aromatic carbocycles. The normalized spacial score (nSPS) is 32.4. The predicted molar refractivity (Wildman–Crippen MR) is 87.3 cm³/mol. The third-order valence-corrected chi connectivity index (χ3v) is 6.42. The molecule has 0 bridgehead atoms. The minimum atomic E-state index is -0.680. The molecule has 0 radical (unpaired) electrons. The Morgan fingerprint density at radius 3 is 2.38 bits per heavy atom. The van der Waals surface area contributed by atoms with Gasteiger partial charge in [0.15, 0.2) is 0 Å². The summed E-state index contributed by atoms with van der Waals surface area (Å²) in [7, 11) is 0. The van der Waals surface area contributed by atoms with Crippen LogP contribution >= 0.6 is 11.8 Å². The molecule has 4 nitrogen and oxygen atoms in total. The number of amides is 2. The standard InChI is InChI=1S/C16H28N2O2S/c1-5-13-14(19)17-16(6-2,7-3)15(20)18(13)11-8-9-12(10-11)21-4/h11-13H,5-10H2,1-4H3,(H,17,19). The quantitative estimate of drug-likeness (QED) is 0.849. The smallest absolute Gasteiger partial charge is 0.249 e. The zero-order valence-electron chi connectivity index (χ0n) is 13.6. The number of hydrogen-bond acceptors (Lipinski definition) is 3. The van der Waals surface area contributed by atoms with Crippen molar-refractivity contribution >= 4 is 23.6 Å². The van der Waals surface area contributed by atoms with Gasteiger partial charge < -0.3 is 10.2 Å². The number of rotatable bonds is 5. The highest BCUT2D eigenvalue weighted by molar-refractivity contribution is 7.99. The Balaban J connectivity index is 2.29. The van der Waals surface area contributed by atoms with Crippen LogP contribution in [0.5, 0.6) is 0 Å². The van der Waals surface area contributed by atoms with Crippen molar-refractivity contribution in [3.63, 3.8) is 0 Å². The second-order valence-corrected chi connectivity index (χ2v) is 7.38. The average molecular weight is 312 g/mol. The van der Waals surface area contributed by atoms with E-state index in [9.17, 15) is 9.59 Å². The van der Waals surface area contributed by atoms with Crippen LogP contribution in [0.3, 0.4) is 0 Å². The summed E-state index contributed by atoms with van der Waals surface area (Å²) in [5.41, 5.74) is -0.680. The molecule has 0 spiro atoms. The zero-order valence-corrected chi connectivity index (χ0v) is 14.5. The summed E-state index contributed by atoms with van der Waals surface area (Å²) in [5, 5.41) is 3.65. The minimum absolute atomic E-state index is 0.0356. The van der Waals surface area contributed by atoms with Crippen LogP contribution in [0, 0.1) is 0 Å². The molecule has 1 saturated carbocycles. The van der Waals surface area contributed by atoms with Gasteiger partial charge in [0.2, 0.25) is 11.8 Å². The van der Waals surface area contributed by atoms with Crippen molar-refractivity contribution in [2.75, 3.05) is 6.26 Å². The van der Waals surface area contributed by atoms with Gasteiger partial charge in [-0.25, -0.2) is 0 Å². The molecule has 3 unspecified atom stereocenters. The molecule has 2 amide bonds. The average Bonchev–Trinajstić information content (AvgIpc) is 2.97. The molecule has 1 aliphatic heterocycles. The van der Waals surface area contributed by atoms with Crippen LogP contribution in [0.2, 0.25) is 0 Å². The van der Waals surface area contributed by atoms with Gasteiger partial charge in [0, 0.05) is 11.3 Å². The minimum Gasteiger partial charge on any atom is -0.340 e. The Morgan fingerprint density at radius 1 is 1.24 bits per heavy atom. The maximum atomic E-state index is 13.1. The molecule has 5 heteroatoms. The van der Waals surface area contributed by atoms with Crippen LogP contribution in [-0.4, -0.2) is 45.8 Å². The molecule has 21 heavy (non-hydrogen) atoms.